The summed E-state index contributed by atoms with van der Waals surface area (Å²) >= 11 is 0. The van der Waals surface area contributed by atoms with Gasteiger partial charge in [0, 0.05) is 19.7 Å². The van der Waals surface area contributed by atoms with E-state index in [1.807, 2.05) is 42.5 Å². The number of nitrogens with one attached hydrogen (secondary N) is 1. The highest BCUT2D eigenvalue weighted by molar-refractivity contribution is 5.39. The zero-order chi connectivity index (χ0) is 16.5. The number of rotatable bonds is 9. The predicted molar refractivity (Wildman–Crippen MR) is 94.6 cm³/mol. The first-order valence-electron chi connectivity index (χ1n) is 8.63. The molecular formula is C20H25NO3. The minimum atomic E-state index is 0.367. The summed E-state index contributed by atoms with van der Waals surface area (Å²) in [5.41, 5.74) is 1.14. The molecule has 4 nitrogen and oxygen atoms in total. The van der Waals surface area contributed by atoms with Gasteiger partial charge in [0.05, 0.1) is 6.10 Å². The SMILES string of the molecule is c1ccc(COc2ccccc2OCCNC[C@@H]2CCCO2)cc1. The Kier molecular flexibility index (Phi) is 6.51. The van der Waals surface area contributed by atoms with Crippen LogP contribution in [-0.2, 0) is 11.3 Å². The van der Waals surface area contributed by atoms with Crippen LogP contribution in [0.4, 0.5) is 0 Å². The molecule has 0 saturated carbocycles. The standard InChI is InChI=1S/C20H25NO3/c1-2-7-17(8-3-1)16-24-20-11-5-4-10-19(20)23-14-12-21-15-18-9-6-13-22-18/h1-5,7-8,10-11,18,21H,6,9,12-16H2/t18-/m0/s1. The Morgan fingerprint density at radius 1 is 0.958 bits per heavy atom. The van der Waals surface area contributed by atoms with Crippen molar-refractivity contribution in [2.45, 2.75) is 25.6 Å². The van der Waals surface area contributed by atoms with Gasteiger partial charge in [-0.15, -0.1) is 0 Å². The fourth-order valence-corrected chi connectivity index (χ4v) is 2.73. The molecule has 0 aromatic heterocycles. The molecule has 0 radical (unpaired) electrons. The Morgan fingerprint density at radius 2 is 1.71 bits per heavy atom. The molecule has 1 aliphatic heterocycles. The maximum Gasteiger partial charge on any atom is 0.161 e. The van der Waals surface area contributed by atoms with Crippen LogP contribution < -0.4 is 14.8 Å². The monoisotopic (exact) mass is 327 g/mol. The summed E-state index contributed by atoms with van der Waals surface area (Å²) in [6.07, 6.45) is 2.70. The number of hydrogen-bond donors (Lipinski definition) is 1. The van der Waals surface area contributed by atoms with E-state index in [4.69, 9.17) is 14.2 Å². The molecule has 1 saturated heterocycles. The Hall–Kier alpha value is -2.04. The molecule has 128 valence electrons. The van der Waals surface area contributed by atoms with E-state index in [1.165, 1.54) is 6.42 Å². The van der Waals surface area contributed by atoms with Gasteiger partial charge in [0.1, 0.15) is 13.2 Å². The first-order chi connectivity index (χ1) is 11.9. The van der Waals surface area contributed by atoms with E-state index >= 15 is 0 Å². The van der Waals surface area contributed by atoms with Crippen LogP contribution in [0.25, 0.3) is 0 Å². The van der Waals surface area contributed by atoms with E-state index in [2.05, 4.69) is 17.4 Å². The van der Waals surface area contributed by atoms with Gasteiger partial charge in [0.2, 0.25) is 0 Å². The van der Waals surface area contributed by atoms with Gasteiger partial charge in [-0.1, -0.05) is 42.5 Å². The van der Waals surface area contributed by atoms with Gasteiger partial charge in [0.15, 0.2) is 11.5 Å². The van der Waals surface area contributed by atoms with Crippen molar-refractivity contribution in [1.82, 2.24) is 5.32 Å². The molecule has 2 aromatic carbocycles. The highest BCUT2D eigenvalue weighted by Crippen LogP contribution is 2.27. The second kappa shape index (κ2) is 9.30. The molecule has 0 bridgehead atoms. The van der Waals surface area contributed by atoms with E-state index in [0.717, 1.165) is 43.2 Å². The molecule has 24 heavy (non-hydrogen) atoms. The molecule has 1 atom stereocenters. The lowest BCUT2D eigenvalue weighted by Crippen LogP contribution is -2.29. The van der Waals surface area contributed by atoms with Crippen molar-refractivity contribution < 1.29 is 14.2 Å². The van der Waals surface area contributed by atoms with Crippen LogP contribution in [0, 0.1) is 0 Å². The minimum absolute atomic E-state index is 0.367. The van der Waals surface area contributed by atoms with E-state index < -0.39 is 0 Å². The Morgan fingerprint density at radius 3 is 2.46 bits per heavy atom. The van der Waals surface area contributed by atoms with Gasteiger partial charge in [-0.3, -0.25) is 0 Å². The lowest BCUT2D eigenvalue weighted by molar-refractivity contribution is 0.109. The highest BCUT2D eigenvalue weighted by atomic mass is 16.5. The summed E-state index contributed by atoms with van der Waals surface area (Å²) in [5, 5.41) is 3.38. The summed E-state index contributed by atoms with van der Waals surface area (Å²) in [6.45, 7) is 3.74. The quantitative estimate of drug-likeness (QED) is 0.717. The Bertz CT molecular complexity index is 597. The van der Waals surface area contributed by atoms with Crippen LogP contribution in [0.3, 0.4) is 0 Å². The van der Waals surface area contributed by atoms with Crippen molar-refractivity contribution in [1.29, 1.82) is 0 Å². The van der Waals surface area contributed by atoms with E-state index in [1.54, 1.807) is 0 Å². The molecule has 1 aliphatic rings. The lowest BCUT2D eigenvalue weighted by atomic mass is 10.2. The van der Waals surface area contributed by atoms with Crippen molar-refractivity contribution >= 4 is 0 Å². The lowest BCUT2D eigenvalue weighted by Gasteiger charge is -2.14. The summed E-state index contributed by atoms with van der Waals surface area (Å²) in [4.78, 5) is 0. The molecule has 0 unspecified atom stereocenters. The van der Waals surface area contributed by atoms with Crippen LogP contribution in [0.5, 0.6) is 11.5 Å². The normalized spacial score (nSPS) is 16.9. The van der Waals surface area contributed by atoms with Gasteiger partial charge >= 0.3 is 0 Å². The summed E-state index contributed by atoms with van der Waals surface area (Å²) in [5.74, 6) is 1.56. The Labute approximate surface area is 143 Å². The molecule has 4 heteroatoms. The zero-order valence-electron chi connectivity index (χ0n) is 13.9. The van der Waals surface area contributed by atoms with Crippen LogP contribution >= 0.6 is 0 Å². The van der Waals surface area contributed by atoms with Crippen molar-refractivity contribution in [2.24, 2.45) is 0 Å². The molecule has 1 N–H and O–H groups in total. The second-order valence-electron chi connectivity index (χ2n) is 5.91. The molecule has 0 aliphatic carbocycles. The molecule has 0 spiro atoms. The fourth-order valence-electron chi connectivity index (χ4n) is 2.73. The number of para-hydroxylation sites is 2. The maximum atomic E-state index is 5.90. The van der Waals surface area contributed by atoms with Crippen molar-refractivity contribution in [2.75, 3.05) is 26.3 Å². The second-order valence-corrected chi connectivity index (χ2v) is 5.91. The third kappa shape index (κ3) is 5.25. The third-order valence-corrected chi connectivity index (χ3v) is 4.02. The van der Waals surface area contributed by atoms with E-state index in [0.29, 0.717) is 19.3 Å². The van der Waals surface area contributed by atoms with Crippen molar-refractivity contribution in [3.63, 3.8) is 0 Å². The van der Waals surface area contributed by atoms with Crippen LogP contribution in [0.2, 0.25) is 0 Å². The molecule has 0 amide bonds. The van der Waals surface area contributed by atoms with Gasteiger partial charge in [-0.25, -0.2) is 0 Å². The van der Waals surface area contributed by atoms with Gasteiger partial charge < -0.3 is 19.5 Å². The first kappa shape index (κ1) is 16.8. The maximum absolute atomic E-state index is 5.90. The van der Waals surface area contributed by atoms with Crippen molar-refractivity contribution in [3.05, 3.63) is 60.2 Å². The smallest absolute Gasteiger partial charge is 0.161 e. The van der Waals surface area contributed by atoms with Gasteiger partial charge in [-0.05, 0) is 30.5 Å². The van der Waals surface area contributed by atoms with Crippen LogP contribution in [-0.4, -0.2) is 32.4 Å². The topological polar surface area (TPSA) is 39.7 Å². The molecule has 1 fully saturated rings. The highest BCUT2D eigenvalue weighted by Gasteiger charge is 2.14. The predicted octanol–water partition coefficient (Wildman–Crippen LogP) is 3.41. The number of benzene rings is 2. The average Bonchev–Trinajstić information content (AvgIpc) is 3.15. The summed E-state index contributed by atoms with van der Waals surface area (Å²) in [7, 11) is 0. The summed E-state index contributed by atoms with van der Waals surface area (Å²) < 4.78 is 17.3. The minimum Gasteiger partial charge on any atom is -0.488 e. The Balaban J connectivity index is 1.41. The fraction of sp³-hybridized carbons (Fsp3) is 0.400. The summed E-state index contributed by atoms with van der Waals surface area (Å²) in [6, 6.07) is 18.0. The molecule has 2 aromatic rings. The first-order valence-corrected chi connectivity index (χ1v) is 8.63. The van der Waals surface area contributed by atoms with Crippen molar-refractivity contribution in [3.8, 4) is 11.5 Å². The van der Waals surface area contributed by atoms with E-state index in [-0.39, 0.29) is 0 Å². The van der Waals surface area contributed by atoms with E-state index in [9.17, 15) is 0 Å². The molecule has 1 heterocycles. The molecular weight excluding hydrogens is 302 g/mol. The number of ether oxygens (including phenoxy) is 3. The number of hydrogen-bond acceptors (Lipinski definition) is 4. The third-order valence-electron chi connectivity index (χ3n) is 4.02. The zero-order valence-corrected chi connectivity index (χ0v) is 13.9. The average molecular weight is 327 g/mol. The largest absolute Gasteiger partial charge is 0.488 e. The molecule has 3 rings (SSSR count). The van der Waals surface area contributed by atoms with Gasteiger partial charge in [0.25, 0.3) is 0 Å². The van der Waals surface area contributed by atoms with Crippen LogP contribution in [0.15, 0.2) is 54.6 Å². The van der Waals surface area contributed by atoms with Crippen LogP contribution in [0.1, 0.15) is 18.4 Å². The van der Waals surface area contributed by atoms with Gasteiger partial charge in [-0.2, -0.15) is 0 Å².